The van der Waals surface area contributed by atoms with Crippen molar-refractivity contribution in [3.8, 4) is 0 Å². The monoisotopic (exact) mass is 443 g/mol. The van der Waals surface area contributed by atoms with Crippen molar-refractivity contribution in [3.05, 3.63) is 16.1 Å². The number of nitrogens with one attached hydrogen (secondary N) is 1. The Morgan fingerprint density at radius 2 is 2.12 bits per heavy atom. The fourth-order valence-electron chi connectivity index (χ4n) is 2.89. The number of anilines is 1. The molecule has 7 nitrogen and oxygen atoms in total. The van der Waals surface area contributed by atoms with Gasteiger partial charge in [0.15, 0.2) is 0 Å². The van der Waals surface area contributed by atoms with Crippen molar-refractivity contribution in [3.63, 3.8) is 0 Å². The van der Waals surface area contributed by atoms with Gasteiger partial charge in [-0.1, -0.05) is 0 Å². The van der Waals surface area contributed by atoms with Gasteiger partial charge in [-0.3, -0.25) is 0 Å². The van der Waals surface area contributed by atoms with E-state index in [2.05, 4.69) is 49.4 Å². The number of halogens is 1. The van der Waals surface area contributed by atoms with Gasteiger partial charge >= 0.3 is 6.09 Å². The number of carbonyl (C=O) groups is 1. The maximum absolute atomic E-state index is 12.3. The molecule has 3 heterocycles. The Kier molecular flexibility index (Phi) is 4.58. The Hall–Kier alpha value is -1.58. The topological polar surface area (TPSA) is 74.3 Å². The number of piperazine rings is 1. The van der Waals surface area contributed by atoms with E-state index in [0.717, 1.165) is 20.4 Å². The molecular formula is C16H22IN5O2. The molecule has 1 fully saturated rings. The second-order valence-electron chi connectivity index (χ2n) is 7.03. The molecule has 1 atom stereocenters. The van der Waals surface area contributed by atoms with Crippen LogP contribution in [0.4, 0.5) is 10.6 Å². The summed E-state index contributed by atoms with van der Waals surface area (Å²) in [6.45, 7) is 9.70. The van der Waals surface area contributed by atoms with Crippen LogP contribution in [0.1, 0.15) is 27.7 Å². The molecule has 24 heavy (non-hydrogen) atoms. The predicted molar refractivity (Wildman–Crippen MR) is 101 cm³/mol. The second kappa shape index (κ2) is 6.38. The molecule has 1 amide bonds. The van der Waals surface area contributed by atoms with Crippen LogP contribution >= 0.6 is 22.6 Å². The molecular weight excluding hydrogens is 421 g/mol. The third-order valence-corrected chi connectivity index (χ3v) is 4.80. The van der Waals surface area contributed by atoms with E-state index in [9.17, 15) is 4.79 Å². The Bertz CT molecular complexity index is 754. The number of amides is 1. The first kappa shape index (κ1) is 17.2. The highest BCUT2D eigenvalue weighted by Crippen LogP contribution is 2.29. The fourth-order valence-corrected chi connectivity index (χ4v) is 3.54. The summed E-state index contributed by atoms with van der Waals surface area (Å²) in [6, 6.07) is 0.148. The van der Waals surface area contributed by atoms with E-state index in [1.54, 1.807) is 11.2 Å². The smallest absolute Gasteiger partial charge is 0.410 e. The van der Waals surface area contributed by atoms with Crippen molar-refractivity contribution in [1.29, 1.82) is 0 Å². The minimum Gasteiger partial charge on any atom is -0.444 e. The van der Waals surface area contributed by atoms with Crippen molar-refractivity contribution in [2.45, 2.75) is 39.3 Å². The van der Waals surface area contributed by atoms with Gasteiger partial charge < -0.3 is 19.5 Å². The number of rotatable bonds is 1. The second-order valence-corrected chi connectivity index (χ2v) is 8.19. The third kappa shape index (κ3) is 3.42. The Morgan fingerprint density at radius 1 is 1.38 bits per heavy atom. The molecule has 1 aliphatic rings. The summed E-state index contributed by atoms with van der Waals surface area (Å²) in [4.78, 5) is 28.2. The maximum atomic E-state index is 12.3. The average molecular weight is 443 g/mol. The van der Waals surface area contributed by atoms with E-state index in [-0.39, 0.29) is 12.1 Å². The standard InChI is InChI=1S/C16H22IN5O2/c1-10-8-21(15(23)24-16(2,3)4)5-6-22(10)14-12-11(17)7-18-13(12)19-9-20-14/h7,9-10H,5-6,8H2,1-4H3,(H,18,19,20)/t10-/m0/s1. The minimum absolute atomic E-state index is 0.148. The molecule has 1 aliphatic heterocycles. The zero-order chi connectivity index (χ0) is 17.5. The molecule has 0 spiro atoms. The van der Waals surface area contributed by atoms with Crippen molar-refractivity contribution < 1.29 is 9.53 Å². The summed E-state index contributed by atoms with van der Waals surface area (Å²) in [7, 11) is 0. The van der Waals surface area contributed by atoms with Crippen LogP contribution < -0.4 is 4.90 Å². The quantitative estimate of drug-likeness (QED) is 0.687. The van der Waals surface area contributed by atoms with Crippen LogP contribution in [0.25, 0.3) is 11.0 Å². The molecule has 8 heteroatoms. The number of nitrogens with zero attached hydrogens (tertiary/aromatic N) is 4. The van der Waals surface area contributed by atoms with Gasteiger partial charge in [0.25, 0.3) is 0 Å². The van der Waals surface area contributed by atoms with E-state index in [0.29, 0.717) is 19.6 Å². The Labute approximate surface area is 154 Å². The lowest BCUT2D eigenvalue weighted by atomic mass is 10.1. The predicted octanol–water partition coefficient (Wildman–Crippen LogP) is 3.01. The van der Waals surface area contributed by atoms with Crippen molar-refractivity contribution in [2.24, 2.45) is 0 Å². The molecule has 0 aliphatic carbocycles. The largest absolute Gasteiger partial charge is 0.444 e. The normalized spacial score (nSPS) is 19.0. The number of H-pyrrole nitrogens is 1. The number of aromatic nitrogens is 3. The SMILES string of the molecule is C[C@H]1CN(C(=O)OC(C)(C)C)CCN1c1ncnc2[nH]cc(I)c12. The number of aromatic amines is 1. The number of hydrogen-bond donors (Lipinski definition) is 1. The lowest BCUT2D eigenvalue weighted by Gasteiger charge is -2.40. The van der Waals surface area contributed by atoms with E-state index in [4.69, 9.17) is 4.74 Å². The molecule has 1 saturated heterocycles. The van der Waals surface area contributed by atoms with Gasteiger partial charge in [-0.15, -0.1) is 0 Å². The van der Waals surface area contributed by atoms with Crippen LogP contribution in [0.2, 0.25) is 0 Å². The van der Waals surface area contributed by atoms with E-state index in [1.807, 2.05) is 27.0 Å². The lowest BCUT2D eigenvalue weighted by molar-refractivity contribution is 0.0218. The molecule has 1 N–H and O–H groups in total. The van der Waals surface area contributed by atoms with Gasteiger partial charge in [-0.05, 0) is 50.3 Å². The molecule has 2 aromatic rings. The number of fused-ring (bicyclic) bond motifs is 1. The van der Waals surface area contributed by atoms with Gasteiger partial charge in [0.2, 0.25) is 0 Å². The minimum atomic E-state index is -0.475. The van der Waals surface area contributed by atoms with Crippen molar-refractivity contribution in [1.82, 2.24) is 19.9 Å². The van der Waals surface area contributed by atoms with Crippen LogP contribution in [0, 0.1) is 3.57 Å². The average Bonchev–Trinajstić information content (AvgIpc) is 2.87. The molecule has 3 rings (SSSR count). The van der Waals surface area contributed by atoms with Gasteiger partial charge in [0.05, 0.1) is 5.39 Å². The molecule has 130 valence electrons. The zero-order valence-electron chi connectivity index (χ0n) is 14.3. The van der Waals surface area contributed by atoms with Gasteiger partial charge in [-0.25, -0.2) is 14.8 Å². The number of ether oxygens (including phenoxy) is 1. The first-order valence-corrected chi connectivity index (χ1v) is 9.06. The summed E-state index contributed by atoms with van der Waals surface area (Å²) >= 11 is 2.29. The number of hydrogen-bond acceptors (Lipinski definition) is 5. The summed E-state index contributed by atoms with van der Waals surface area (Å²) in [6.07, 6.45) is 3.26. The van der Waals surface area contributed by atoms with Gasteiger partial charge in [0, 0.05) is 35.4 Å². The molecule has 0 saturated carbocycles. The highest BCUT2D eigenvalue weighted by atomic mass is 127. The van der Waals surface area contributed by atoms with E-state index in [1.165, 1.54) is 0 Å². The molecule has 0 aromatic carbocycles. The number of carbonyl (C=O) groups excluding carboxylic acids is 1. The van der Waals surface area contributed by atoms with Crippen LogP contribution in [-0.4, -0.2) is 57.2 Å². The molecule has 2 aromatic heterocycles. The van der Waals surface area contributed by atoms with E-state index < -0.39 is 5.60 Å². The molecule has 0 bridgehead atoms. The first-order chi connectivity index (χ1) is 11.3. The van der Waals surface area contributed by atoms with Crippen molar-refractivity contribution >= 4 is 45.5 Å². The summed E-state index contributed by atoms with van der Waals surface area (Å²) in [5, 5.41) is 1.04. The first-order valence-electron chi connectivity index (χ1n) is 7.98. The van der Waals surface area contributed by atoms with E-state index >= 15 is 0 Å². The molecule has 0 radical (unpaired) electrons. The highest BCUT2D eigenvalue weighted by Gasteiger charge is 2.31. The Morgan fingerprint density at radius 3 is 2.79 bits per heavy atom. The van der Waals surface area contributed by atoms with Crippen LogP contribution in [0.3, 0.4) is 0 Å². The zero-order valence-corrected chi connectivity index (χ0v) is 16.5. The van der Waals surface area contributed by atoms with Gasteiger partial charge in [-0.2, -0.15) is 0 Å². The van der Waals surface area contributed by atoms with Crippen LogP contribution in [0.15, 0.2) is 12.5 Å². The maximum Gasteiger partial charge on any atom is 0.410 e. The lowest BCUT2D eigenvalue weighted by Crippen LogP contribution is -2.54. The summed E-state index contributed by atoms with van der Waals surface area (Å²) in [5.41, 5.74) is 0.364. The van der Waals surface area contributed by atoms with Crippen LogP contribution in [0.5, 0.6) is 0 Å². The molecule has 0 unspecified atom stereocenters. The van der Waals surface area contributed by atoms with Crippen molar-refractivity contribution in [2.75, 3.05) is 24.5 Å². The third-order valence-electron chi connectivity index (χ3n) is 3.95. The Balaban J connectivity index is 1.79. The highest BCUT2D eigenvalue weighted by molar-refractivity contribution is 14.1. The van der Waals surface area contributed by atoms with Crippen LogP contribution in [-0.2, 0) is 4.74 Å². The summed E-state index contributed by atoms with van der Waals surface area (Å²) in [5.74, 6) is 0.919. The fraction of sp³-hybridized carbons (Fsp3) is 0.562. The van der Waals surface area contributed by atoms with Gasteiger partial charge in [0.1, 0.15) is 23.4 Å². The summed E-state index contributed by atoms with van der Waals surface area (Å²) < 4.78 is 6.58.